The predicted octanol–water partition coefficient (Wildman–Crippen LogP) is 3.49. The van der Waals surface area contributed by atoms with E-state index in [9.17, 15) is 4.79 Å². The lowest BCUT2D eigenvalue weighted by atomic mass is 10.2. The molecule has 2 aromatic rings. The van der Waals surface area contributed by atoms with Gasteiger partial charge in [-0.1, -0.05) is 28.9 Å². The van der Waals surface area contributed by atoms with Crippen molar-refractivity contribution >= 4 is 29.4 Å². The quantitative estimate of drug-likeness (QED) is 0.654. The number of rotatable bonds is 5. The minimum absolute atomic E-state index is 0.315. The van der Waals surface area contributed by atoms with Crippen molar-refractivity contribution in [1.29, 1.82) is 0 Å². The van der Waals surface area contributed by atoms with Gasteiger partial charge in [0.2, 0.25) is 6.10 Å². The van der Waals surface area contributed by atoms with Crippen molar-refractivity contribution in [3.05, 3.63) is 53.1 Å². The van der Waals surface area contributed by atoms with Crippen molar-refractivity contribution in [3.63, 3.8) is 0 Å². The molecule has 7 heteroatoms. The van der Waals surface area contributed by atoms with Gasteiger partial charge in [-0.05, 0) is 36.8 Å². The van der Waals surface area contributed by atoms with Crippen LogP contribution in [0.3, 0.4) is 0 Å². The van der Waals surface area contributed by atoms with Crippen LogP contribution in [-0.2, 0) is 9.63 Å². The second-order valence-electron chi connectivity index (χ2n) is 5.38. The smallest absolute Gasteiger partial charge is 0.267 e. The Morgan fingerprint density at radius 3 is 2.68 bits per heavy atom. The van der Waals surface area contributed by atoms with Crippen LogP contribution in [0.5, 0.6) is 11.5 Å². The first-order chi connectivity index (χ1) is 12.1. The number of oxime groups is 1. The van der Waals surface area contributed by atoms with Gasteiger partial charge in [0.1, 0.15) is 13.2 Å². The Balaban J connectivity index is 1.54. The predicted molar refractivity (Wildman–Crippen MR) is 95.7 cm³/mol. The second-order valence-corrected chi connectivity index (χ2v) is 5.82. The highest BCUT2D eigenvalue weighted by molar-refractivity contribution is 6.30. The number of nitrogens with zero attached hydrogens (tertiary/aromatic N) is 1. The molecule has 0 bridgehead atoms. The lowest BCUT2D eigenvalue weighted by Crippen LogP contribution is -2.26. The van der Waals surface area contributed by atoms with E-state index in [0.717, 1.165) is 5.56 Å². The molecule has 0 fully saturated rings. The lowest BCUT2D eigenvalue weighted by Gasteiger charge is -2.19. The van der Waals surface area contributed by atoms with Gasteiger partial charge >= 0.3 is 0 Å². The minimum atomic E-state index is -0.753. The van der Waals surface area contributed by atoms with Gasteiger partial charge in [0.15, 0.2) is 11.5 Å². The number of fused-ring (bicyclic) bond motifs is 1. The van der Waals surface area contributed by atoms with E-state index in [1.807, 2.05) is 0 Å². The minimum Gasteiger partial charge on any atom is -0.486 e. The zero-order chi connectivity index (χ0) is 17.6. The Hall–Kier alpha value is -2.73. The number of carbonyl (C=O) groups excluding carboxylic acids is 1. The van der Waals surface area contributed by atoms with Crippen LogP contribution in [0.4, 0.5) is 5.69 Å². The highest BCUT2D eigenvalue weighted by atomic mass is 35.5. The molecule has 1 heterocycles. The van der Waals surface area contributed by atoms with Gasteiger partial charge in [-0.15, -0.1) is 0 Å². The van der Waals surface area contributed by atoms with Crippen molar-refractivity contribution in [2.24, 2.45) is 5.16 Å². The maximum absolute atomic E-state index is 12.2. The summed E-state index contributed by atoms with van der Waals surface area (Å²) >= 11 is 5.81. The van der Waals surface area contributed by atoms with Gasteiger partial charge in [-0.3, -0.25) is 4.79 Å². The van der Waals surface area contributed by atoms with E-state index in [2.05, 4.69) is 10.5 Å². The molecule has 0 unspecified atom stereocenters. The lowest BCUT2D eigenvalue weighted by molar-refractivity contribution is -0.126. The fourth-order valence-corrected chi connectivity index (χ4v) is 2.27. The van der Waals surface area contributed by atoms with E-state index in [0.29, 0.717) is 35.4 Å². The van der Waals surface area contributed by atoms with Gasteiger partial charge in [-0.25, -0.2) is 0 Å². The standard InChI is InChI=1S/C18H17ClN2O4/c1-12(25-20-11-13-2-4-14(19)5-3-13)18(22)21-15-6-7-16-17(10-15)24-9-8-23-16/h2-7,10-12H,8-9H2,1H3,(H,21,22)/b20-11-/t12-/m1/s1. The summed E-state index contributed by atoms with van der Waals surface area (Å²) in [5.41, 5.74) is 1.43. The van der Waals surface area contributed by atoms with Crippen LogP contribution in [0.25, 0.3) is 0 Å². The average molecular weight is 361 g/mol. The van der Waals surface area contributed by atoms with E-state index in [1.165, 1.54) is 6.21 Å². The molecular weight excluding hydrogens is 344 g/mol. The summed E-state index contributed by atoms with van der Waals surface area (Å²) in [6.45, 7) is 2.63. The van der Waals surface area contributed by atoms with E-state index >= 15 is 0 Å². The van der Waals surface area contributed by atoms with E-state index in [-0.39, 0.29) is 5.91 Å². The zero-order valence-electron chi connectivity index (χ0n) is 13.6. The molecule has 0 aliphatic carbocycles. The molecule has 2 aromatic carbocycles. The van der Waals surface area contributed by atoms with Crippen LogP contribution in [0.15, 0.2) is 47.6 Å². The van der Waals surface area contributed by atoms with Crippen molar-refractivity contribution in [1.82, 2.24) is 0 Å². The molecule has 1 aliphatic heterocycles. The third-order valence-corrected chi connectivity index (χ3v) is 3.72. The normalized spacial score (nSPS) is 14.2. The average Bonchev–Trinajstić information content (AvgIpc) is 2.63. The fraction of sp³-hybridized carbons (Fsp3) is 0.222. The van der Waals surface area contributed by atoms with Gasteiger partial charge < -0.3 is 19.6 Å². The molecular formula is C18H17ClN2O4. The summed E-state index contributed by atoms with van der Waals surface area (Å²) in [4.78, 5) is 17.4. The molecule has 0 radical (unpaired) electrons. The number of carbonyl (C=O) groups is 1. The van der Waals surface area contributed by atoms with Crippen molar-refractivity contribution in [2.45, 2.75) is 13.0 Å². The number of ether oxygens (including phenoxy) is 2. The summed E-state index contributed by atoms with van der Waals surface area (Å²) in [6, 6.07) is 12.3. The number of hydrogen-bond donors (Lipinski definition) is 1. The van der Waals surface area contributed by atoms with E-state index in [4.69, 9.17) is 25.9 Å². The van der Waals surface area contributed by atoms with Crippen LogP contribution >= 0.6 is 11.6 Å². The summed E-state index contributed by atoms with van der Waals surface area (Å²) < 4.78 is 10.9. The summed E-state index contributed by atoms with van der Waals surface area (Å²) in [7, 11) is 0. The number of anilines is 1. The molecule has 1 atom stereocenters. The van der Waals surface area contributed by atoms with E-state index < -0.39 is 6.10 Å². The molecule has 1 aliphatic rings. The second kappa shape index (κ2) is 7.90. The SMILES string of the molecule is C[C@@H](O/N=C\c1ccc(Cl)cc1)C(=O)Nc1ccc2c(c1)OCCO2. The molecule has 3 rings (SSSR count). The largest absolute Gasteiger partial charge is 0.486 e. The molecule has 0 spiro atoms. The highest BCUT2D eigenvalue weighted by Gasteiger charge is 2.17. The highest BCUT2D eigenvalue weighted by Crippen LogP contribution is 2.32. The number of amides is 1. The van der Waals surface area contributed by atoms with Crippen molar-refractivity contribution in [2.75, 3.05) is 18.5 Å². The van der Waals surface area contributed by atoms with Crippen molar-refractivity contribution < 1.29 is 19.1 Å². The Bertz CT molecular complexity index is 777. The van der Waals surface area contributed by atoms with Gasteiger partial charge in [-0.2, -0.15) is 0 Å². The van der Waals surface area contributed by atoms with E-state index in [1.54, 1.807) is 49.4 Å². The summed E-state index contributed by atoms with van der Waals surface area (Å²) in [6.07, 6.45) is 0.765. The number of hydrogen-bond acceptors (Lipinski definition) is 5. The molecule has 1 N–H and O–H groups in total. The van der Waals surface area contributed by atoms with Crippen LogP contribution < -0.4 is 14.8 Å². The number of benzene rings is 2. The first-order valence-corrected chi connectivity index (χ1v) is 8.15. The molecule has 1 amide bonds. The van der Waals surface area contributed by atoms with Crippen LogP contribution in [0, 0.1) is 0 Å². The molecule has 0 saturated heterocycles. The van der Waals surface area contributed by atoms with Crippen molar-refractivity contribution in [3.8, 4) is 11.5 Å². The van der Waals surface area contributed by atoms with Crippen LogP contribution in [-0.4, -0.2) is 31.4 Å². The first kappa shape index (κ1) is 17.1. The Morgan fingerprint density at radius 1 is 1.20 bits per heavy atom. The zero-order valence-corrected chi connectivity index (χ0v) is 14.3. The topological polar surface area (TPSA) is 69.2 Å². The van der Waals surface area contributed by atoms with Crippen LogP contribution in [0.2, 0.25) is 5.02 Å². The van der Waals surface area contributed by atoms with Gasteiger partial charge in [0.05, 0.1) is 6.21 Å². The molecule has 0 aromatic heterocycles. The van der Waals surface area contributed by atoms with Gasteiger partial charge in [0, 0.05) is 16.8 Å². The van der Waals surface area contributed by atoms with Gasteiger partial charge in [0.25, 0.3) is 5.91 Å². The maximum atomic E-state index is 12.2. The molecule has 0 saturated carbocycles. The van der Waals surface area contributed by atoms with Crippen LogP contribution in [0.1, 0.15) is 12.5 Å². The Labute approximate surface area is 150 Å². The Kier molecular flexibility index (Phi) is 5.40. The maximum Gasteiger partial charge on any atom is 0.267 e. The third-order valence-electron chi connectivity index (χ3n) is 3.47. The molecule has 130 valence electrons. The molecule has 25 heavy (non-hydrogen) atoms. The summed E-state index contributed by atoms with van der Waals surface area (Å²) in [5.74, 6) is 0.962. The Morgan fingerprint density at radius 2 is 1.92 bits per heavy atom. The fourth-order valence-electron chi connectivity index (χ4n) is 2.14. The number of nitrogens with one attached hydrogen (secondary N) is 1. The summed E-state index contributed by atoms with van der Waals surface area (Å²) in [5, 5.41) is 7.23. The third kappa shape index (κ3) is 4.64. The number of halogens is 1. The monoisotopic (exact) mass is 360 g/mol. The first-order valence-electron chi connectivity index (χ1n) is 7.77. The molecule has 6 nitrogen and oxygen atoms in total.